The summed E-state index contributed by atoms with van der Waals surface area (Å²) < 4.78 is 0. The number of rotatable bonds is 9. The normalized spacial score (nSPS) is 16.7. The van der Waals surface area contributed by atoms with Crippen molar-refractivity contribution in [3.63, 3.8) is 0 Å². The molecule has 1 aliphatic rings. The Hall–Kier alpha value is -3.58. The monoisotopic (exact) mass is 543 g/mol. The molecule has 1 saturated heterocycles. The van der Waals surface area contributed by atoms with Crippen LogP contribution in [0.4, 0.5) is 5.69 Å². The Bertz CT molecular complexity index is 1120. The van der Waals surface area contributed by atoms with Crippen LogP contribution in [0.3, 0.4) is 0 Å². The fourth-order valence-electron chi connectivity index (χ4n) is 4.75. The van der Waals surface area contributed by atoms with Gasteiger partial charge < -0.3 is 21.4 Å². The fraction of sp³-hybridized carbons (Fsp3) is 0.353. The minimum atomic E-state index is -0.724. The standard InChI is InChI=1S/C25H29NO3.C7H10N2.C2H6/c27-18-17-26-16-8-7-13-22(25(26)29)19-23(28)14-15-24(20-9-3-1-4-10-20)21-11-5-2-6-12-21;8-5-6-2-1-3-7(9)4-6;1-2/h1-6,9-12,15,18,22,25,29H,7-8,13-14,16-17,19H2;1-4H,5,8-9H2;1-2H3. The molecule has 0 aliphatic carbocycles. The predicted molar refractivity (Wildman–Crippen MR) is 165 cm³/mol. The number of hydrogen-bond donors (Lipinski definition) is 3. The molecular formula is C34H45N3O3. The Balaban J connectivity index is 0.000000428. The number of aliphatic hydroxyl groups is 1. The second kappa shape index (κ2) is 18.7. The van der Waals surface area contributed by atoms with Gasteiger partial charge in [-0.3, -0.25) is 9.69 Å². The molecule has 2 atom stereocenters. The third kappa shape index (κ3) is 10.9. The molecule has 0 aromatic heterocycles. The lowest BCUT2D eigenvalue weighted by molar-refractivity contribution is -0.122. The Morgan fingerprint density at radius 3 is 2.10 bits per heavy atom. The van der Waals surface area contributed by atoms with E-state index in [0.29, 0.717) is 25.9 Å². The predicted octanol–water partition coefficient (Wildman–Crippen LogP) is 5.84. The second-order valence-corrected chi connectivity index (χ2v) is 9.58. The number of ketones is 1. The molecule has 1 heterocycles. The third-order valence-corrected chi connectivity index (χ3v) is 6.76. The highest BCUT2D eigenvalue weighted by atomic mass is 16.3. The van der Waals surface area contributed by atoms with Gasteiger partial charge in [-0.1, -0.05) is 99.1 Å². The van der Waals surface area contributed by atoms with E-state index in [-0.39, 0.29) is 18.2 Å². The molecule has 0 bridgehead atoms. The number of carbonyl (C=O) groups excluding carboxylic acids is 2. The maximum atomic E-state index is 12.8. The Morgan fingerprint density at radius 1 is 0.950 bits per heavy atom. The van der Waals surface area contributed by atoms with Crippen LogP contribution in [0, 0.1) is 5.92 Å². The molecule has 214 valence electrons. The number of nitrogen functional groups attached to an aromatic ring is 1. The Kier molecular flexibility index (Phi) is 15.2. The van der Waals surface area contributed by atoms with Gasteiger partial charge in [0.25, 0.3) is 0 Å². The number of aldehydes is 1. The van der Waals surface area contributed by atoms with Crippen LogP contribution >= 0.6 is 0 Å². The van der Waals surface area contributed by atoms with Crippen LogP contribution in [0.1, 0.15) is 62.6 Å². The third-order valence-electron chi connectivity index (χ3n) is 6.76. The number of hydrogen-bond acceptors (Lipinski definition) is 6. The van der Waals surface area contributed by atoms with E-state index in [2.05, 4.69) is 24.3 Å². The van der Waals surface area contributed by atoms with Crippen molar-refractivity contribution in [1.82, 2.24) is 4.90 Å². The lowest BCUT2D eigenvalue weighted by Crippen LogP contribution is -2.41. The summed E-state index contributed by atoms with van der Waals surface area (Å²) in [5.74, 6) is 0.00150. The minimum Gasteiger partial charge on any atom is -0.399 e. The average molecular weight is 544 g/mol. The van der Waals surface area contributed by atoms with Gasteiger partial charge in [-0.25, -0.2) is 0 Å². The number of aliphatic hydroxyl groups excluding tert-OH is 1. The molecule has 2 unspecified atom stereocenters. The maximum Gasteiger partial charge on any atom is 0.137 e. The van der Waals surface area contributed by atoms with Crippen molar-refractivity contribution in [2.24, 2.45) is 11.7 Å². The van der Waals surface area contributed by atoms with Gasteiger partial charge in [0.05, 0.1) is 6.54 Å². The summed E-state index contributed by atoms with van der Waals surface area (Å²) in [6.07, 6.45) is 5.50. The van der Waals surface area contributed by atoms with Crippen LogP contribution in [0.25, 0.3) is 5.57 Å². The molecule has 6 nitrogen and oxygen atoms in total. The summed E-state index contributed by atoms with van der Waals surface area (Å²) >= 11 is 0. The Labute approximate surface area is 239 Å². The van der Waals surface area contributed by atoms with Gasteiger partial charge >= 0.3 is 0 Å². The van der Waals surface area contributed by atoms with Crippen molar-refractivity contribution in [3.05, 3.63) is 108 Å². The number of nitrogens with two attached hydrogens (primary N) is 2. The summed E-state index contributed by atoms with van der Waals surface area (Å²) in [6, 6.07) is 27.7. The number of Topliss-reactive ketones (excluding diaryl/α,β-unsaturated/α-hetero) is 1. The molecule has 0 amide bonds. The zero-order chi connectivity index (χ0) is 29.2. The molecule has 1 fully saturated rings. The van der Waals surface area contributed by atoms with Gasteiger partial charge in [0.15, 0.2) is 0 Å². The molecule has 3 aromatic rings. The van der Waals surface area contributed by atoms with Gasteiger partial charge in [-0.15, -0.1) is 0 Å². The molecule has 40 heavy (non-hydrogen) atoms. The first kappa shape index (κ1) is 32.6. The van der Waals surface area contributed by atoms with Crippen LogP contribution < -0.4 is 11.5 Å². The van der Waals surface area contributed by atoms with Crippen molar-refractivity contribution in [2.75, 3.05) is 18.8 Å². The summed E-state index contributed by atoms with van der Waals surface area (Å²) in [7, 11) is 0. The first-order valence-electron chi connectivity index (χ1n) is 14.2. The quantitative estimate of drug-likeness (QED) is 0.231. The molecule has 3 aromatic carbocycles. The Morgan fingerprint density at radius 2 is 1.57 bits per heavy atom. The van der Waals surface area contributed by atoms with E-state index in [1.54, 1.807) is 4.90 Å². The lowest BCUT2D eigenvalue weighted by atomic mass is 9.92. The van der Waals surface area contributed by atoms with Crippen LogP contribution in [0.15, 0.2) is 91.0 Å². The highest BCUT2D eigenvalue weighted by Crippen LogP contribution is 2.27. The van der Waals surface area contributed by atoms with E-state index < -0.39 is 6.23 Å². The molecule has 6 heteroatoms. The van der Waals surface area contributed by atoms with Crippen LogP contribution in [-0.2, 0) is 16.1 Å². The van der Waals surface area contributed by atoms with Crippen LogP contribution in [0.5, 0.6) is 0 Å². The van der Waals surface area contributed by atoms with Gasteiger partial charge in [-0.2, -0.15) is 0 Å². The number of carbonyl (C=O) groups is 2. The number of nitrogens with zero attached hydrogens (tertiary/aromatic N) is 1. The van der Waals surface area contributed by atoms with Crippen molar-refractivity contribution in [2.45, 2.75) is 58.7 Å². The van der Waals surface area contributed by atoms with E-state index in [4.69, 9.17) is 11.5 Å². The topological polar surface area (TPSA) is 110 Å². The van der Waals surface area contributed by atoms with Crippen LogP contribution in [0.2, 0.25) is 0 Å². The van der Waals surface area contributed by atoms with E-state index in [9.17, 15) is 14.7 Å². The van der Waals surface area contributed by atoms with Crippen molar-refractivity contribution >= 4 is 23.3 Å². The maximum absolute atomic E-state index is 12.8. The molecule has 0 saturated carbocycles. The SMILES string of the molecule is CC.NCc1cccc(N)c1.O=CCN1CCCCC(CC(=O)CC=C(c2ccccc2)c2ccccc2)C1O. The highest BCUT2D eigenvalue weighted by molar-refractivity contribution is 5.86. The smallest absolute Gasteiger partial charge is 0.137 e. The van der Waals surface area contributed by atoms with Gasteiger partial charge in [0.2, 0.25) is 0 Å². The molecule has 4 rings (SSSR count). The molecule has 0 radical (unpaired) electrons. The van der Waals surface area contributed by atoms with Crippen LogP contribution in [-0.4, -0.2) is 41.4 Å². The van der Waals surface area contributed by atoms with Crippen molar-refractivity contribution in [1.29, 1.82) is 0 Å². The lowest BCUT2D eigenvalue weighted by Gasteiger charge is -2.29. The number of benzene rings is 3. The molecular weight excluding hydrogens is 498 g/mol. The van der Waals surface area contributed by atoms with Crippen molar-refractivity contribution < 1.29 is 14.7 Å². The number of anilines is 1. The van der Waals surface area contributed by atoms with Gasteiger partial charge in [-0.05, 0) is 47.2 Å². The van der Waals surface area contributed by atoms with E-state index in [1.807, 2.05) is 80.6 Å². The summed E-state index contributed by atoms with van der Waals surface area (Å²) in [4.78, 5) is 25.4. The zero-order valence-corrected chi connectivity index (χ0v) is 23.9. The zero-order valence-electron chi connectivity index (χ0n) is 23.9. The average Bonchev–Trinajstić information content (AvgIpc) is 3.16. The van der Waals surface area contributed by atoms with Gasteiger partial charge in [0.1, 0.15) is 18.3 Å². The summed E-state index contributed by atoms with van der Waals surface area (Å²) in [5, 5.41) is 10.6. The van der Waals surface area contributed by atoms with E-state index in [0.717, 1.165) is 53.5 Å². The summed E-state index contributed by atoms with van der Waals surface area (Å²) in [5.41, 5.74) is 15.9. The number of allylic oxidation sites excluding steroid dienone is 1. The van der Waals surface area contributed by atoms with Crippen molar-refractivity contribution in [3.8, 4) is 0 Å². The second-order valence-electron chi connectivity index (χ2n) is 9.58. The molecule has 5 N–H and O–H groups in total. The summed E-state index contributed by atoms with van der Waals surface area (Å²) in [6.45, 7) is 5.49. The van der Waals surface area contributed by atoms with Gasteiger partial charge in [0, 0.05) is 37.5 Å². The minimum absolute atomic E-state index is 0.116. The van der Waals surface area contributed by atoms with E-state index >= 15 is 0 Å². The molecule has 1 aliphatic heterocycles. The first-order chi connectivity index (χ1) is 19.5. The highest BCUT2D eigenvalue weighted by Gasteiger charge is 2.29. The molecule has 0 spiro atoms. The largest absolute Gasteiger partial charge is 0.399 e. The first-order valence-corrected chi connectivity index (χ1v) is 14.2. The number of likely N-dealkylation sites (tertiary alicyclic amines) is 1. The van der Waals surface area contributed by atoms with E-state index in [1.165, 1.54) is 0 Å². The fourth-order valence-corrected chi connectivity index (χ4v) is 4.75.